The predicted molar refractivity (Wildman–Crippen MR) is 118 cm³/mol. The maximum absolute atomic E-state index is 13.9. The number of carbonyl (C=O) groups is 3. The molecule has 1 saturated heterocycles. The molecular formula is C24H16ClFN2O4. The van der Waals surface area contributed by atoms with Crippen LogP contribution >= 0.6 is 11.6 Å². The van der Waals surface area contributed by atoms with Crippen molar-refractivity contribution in [2.45, 2.75) is 6.61 Å². The summed E-state index contributed by atoms with van der Waals surface area (Å²) in [6.45, 7) is -0.0702. The van der Waals surface area contributed by atoms with Gasteiger partial charge in [-0.3, -0.25) is 14.9 Å². The molecule has 1 N–H and O–H groups in total. The lowest BCUT2D eigenvalue weighted by atomic mass is 10.1. The van der Waals surface area contributed by atoms with Gasteiger partial charge in [0.25, 0.3) is 11.8 Å². The van der Waals surface area contributed by atoms with Gasteiger partial charge in [0.05, 0.1) is 5.69 Å². The number of barbiturate groups is 1. The lowest BCUT2D eigenvalue weighted by molar-refractivity contribution is -0.122. The average molecular weight is 451 g/mol. The quantitative estimate of drug-likeness (QED) is 0.450. The largest absolute Gasteiger partial charge is 0.488 e. The maximum Gasteiger partial charge on any atom is 0.335 e. The van der Waals surface area contributed by atoms with Gasteiger partial charge >= 0.3 is 6.03 Å². The Labute approximate surface area is 187 Å². The summed E-state index contributed by atoms with van der Waals surface area (Å²) in [5.41, 5.74) is 0.713. The molecule has 32 heavy (non-hydrogen) atoms. The van der Waals surface area contributed by atoms with Crippen molar-refractivity contribution in [3.63, 3.8) is 0 Å². The monoisotopic (exact) mass is 450 g/mol. The second-order valence-electron chi connectivity index (χ2n) is 6.86. The van der Waals surface area contributed by atoms with Gasteiger partial charge in [-0.2, -0.15) is 0 Å². The number of para-hydroxylation sites is 1. The summed E-state index contributed by atoms with van der Waals surface area (Å²) in [7, 11) is 0. The molecule has 4 amide bonds. The highest BCUT2D eigenvalue weighted by Gasteiger charge is 2.36. The van der Waals surface area contributed by atoms with Gasteiger partial charge < -0.3 is 4.74 Å². The van der Waals surface area contributed by atoms with E-state index in [2.05, 4.69) is 5.32 Å². The molecule has 0 atom stereocenters. The molecule has 1 heterocycles. The average Bonchev–Trinajstić information content (AvgIpc) is 2.77. The highest BCUT2D eigenvalue weighted by molar-refractivity contribution is 6.39. The van der Waals surface area contributed by atoms with Crippen molar-refractivity contribution in [1.29, 1.82) is 0 Å². The van der Waals surface area contributed by atoms with Gasteiger partial charge in [-0.15, -0.1) is 0 Å². The molecule has 0 radical (unpaired) electrons. The van der Waals surface area contributed by atoms with Crippen LogP contribution < -0.4 is 15.0 Å². The summed E-state index contributed by atoms with van der Waals surface area (Å²) in [6.07, 6.45) is 1.29. The number of ether oxygens (including phenoxy) is 1. The number of anilines is 1. The third-order valence-electron chi connectivity index (χ3n) is 4.73. The molecule has 4 rings (SSSR count). The Kier molecular flexibility index (Phi) is 6.00. The molecule has 0 aromatic heterocycles. The molecule has 160 valence electrons. The van der Waals surface area contributed by atoms with Crippen molar-refractivity contribution in [3.05, 3.63) is 100 Å². The van der Waals surface area contributed by atoms with E-state index in [1.165, 1.54) is 18.2 Å². The summed E-state index contributed by atoms with van der Waals surface area (Å²) < 4.78 is 19.7. The van der Waals surface area contributed by atoms with Crippen molar-refractivity contribution in [2.24, 2.45) is 0 Å². The first-order chi connectivity index (χ1) is 15.4. The fourth-order valence-corrected chi connectivity index (χ4v) is 3.34. The highest BCUT2D eigenvalue weighted by atomic mass is 35.5. The van der Waals surface area contributed by atoms with E-state index < -0.39 is 23.7 Å². The van der Waals surface area contributed by atoms with Crippen molar-refractivity contribution in [2.75, 3.05) is 4.90 Å². The van der Waals surface area contributed by atoms with Crippen LogP contribution in [0.1, 0.15) is 11.1 Å². The summed E-state index contributed by atoms with van der Waals surface area (Å²) in [5.74, 6) is -1.76. The number of imide groups is 2. The Morgan fingerprint density at radius 3 is 2.44 bits per heavy atom. The summed E-state index contributed by atoms with van der Waals surface area (Å²) in [4.78, 5) is 38.6. The zero-order valence-corrected chi connectivity index (χ0v) is 17.3. The lowest BCUT2D eigenvalue weighted by Gasteiger charge is -2.26. The lowest BCUT2D eigenvalue weighted by Crippen LogP contribution is -2.54. The molecule has 0 unspecified atom stereocenters. The minimum Gasteiger partial charge on any atom is -0.488 e. The van der Waals surface area contributed by atoms with E-state index in [0.29, 0.717) is 21.8 Å². The molecule has 6 nitrogen and oxygen atoms in total. The molecule has 0 spiro atoms. The number of hydrogen-bond donors (Lipinski definition) is 1. The van der Waals surface area contributed by atoms with Crippen molar-refractivity contribution in [1.82, 2.24) is 5.32 Å². The topological polar surface area (TPSA) is 75.7 Å². The molecular weight excluding hydrogens is 435 g/mol. The van der Waals surface area contributed by atoms with Crippen LogP contribution in [0.25, 0.3) is 6.08 Å². The third kappa shape index (κ3) is 4.38. The van der Waals surface area contributed by atoms with Crippen LogP contribution in [-0.4, -0.2) is 17.8 Å². The summed E-state index contributed by atoms with van der Waals surface area (Å²) in [5, 5.41) is 2.51. The van der Waals surface area contributed by atoms with Crippen LogP contribution in [0.2, 0.25) is 5.02 Å². The Balaban J connectivity index is 1.68. The molecule has 8 heteroatoms. The van der Waals surface area contributed by atoms with E-state index in [4.69, 9.17) is 16.3 Å². The Morgan fingerprint density at radius 2 is 1.69 bits per heavy atom. The smallest absolute Gasteiger partial charge is 0.335 e. The van der Waals surface area contributed by atoms with E-state index in [0.717, 1.165) is 4.90 Å². The normalized spacial score (nSPS) is 15.1. The van der Waals surface area contributed by atoms with Gasteiger partial charge in [-0.05, 0) is 42.5 Å². The molecule has 1 aliphatic heterocycles. The first-order valence-electron chi connectivity index (χ1n) is 9.56. The highest BCUT2D eigenvalue weighted by Crippen LogP contribution is 2.28. The minimum absolute atomic E-state index is 0.0702. The van der Waals surface area contributed by atoms with Gasteiger partial charge in [0.15, 0.2) is 0 Å². The number of halogens is 2. The van der Waals surface area contributed by atoms with Gasteiger partial charge in [-0.25, -0.2) is 14.1 Å². The minimum atomic E-state index is -0.842. The van der Waals surface area contributed by atoms with E-state index in [9.17, 15) is 18.8 Å². The zero-order chi connectivity index (χ0) is 22.7. The molecule has 1 fully saturated rings. The predicted octanol–water partition coefficient (Wildman–Crippen LogP) is 4.72. The number of nitrogens with one attached hydrogen (secondary N) is 1. The zero-order valence-electron chi connectivity index (χ0n) is 16.5. The SMILES string of the molecule is O=C1NC(=O)N(c2ccccc2)C(=O)/C1=C/c1cc(Cl)ccc1OCc1ccccc1F. The third-order valence-corrected chi connectivity index (χ3v) is 4.96. The Morgan fingerprint density at radius 1 is 0.969 bits per heavy atom. The summed E-state index contributed by atoms with van der Waals surface area (Å²) >= 11 is 6.10. The van der Waals surface area contributed by atoms with Gasteiger partial charge in [0, 0.05) is 16.1 Å². The number of urea groups is 1. The van der Waals surface area contributed by atoms with E-state index in [-0.39, 0.29) is 17.9 Å². The van der Waals surface area contributed by atoms with Crippen LogP contribution in [0.3, 0.4) is 0 Å². The standard InChI is InChI=1S/C24H16ClFN2O4/c25-17-10-11-21(32-14-15-6-4-5-9-20(15)26)16(12-17)13-19-22(29)27-24(31)28(23(19)30)18-7-2-1-3-8-18/h1-13H,14H2,(H,27,29,31)/b19-13+. The second kappa shape index (κ2) is 9.03. The summed E-state index contributed by atoms with van der Waals surface area (Å²) in [6, 6.07) is 18.2. The van der Waals surface area contributed by atoms with Gasteiger partial charge in [0.1, 0.15) is 23.7 Å². The van der Waals surface area contributed by atoms with Crippen LogP contribution in [0, 0.1) is 5.82 Å². The number of rotatable bonds is 5. The fourth-order valence-electron chi connectivity index (χ4n) is 3.16. The first kappa shape index (κ1) is 21.3. The molecule has 3 aromatic carbocycles. The van der Waals surface area contributed by atoms with Crippen LogP contribution in [-0.2, 0) is 16.2 Å². The first-order valence-corrected chi connectivity index (χ1v) is 9.94. The van der Waals surface area contributed by atoms with Crippen molar-refractivity contribution >= 4 is 41.2 Å². The number of carbonyl (C=O) groups excluding carboxylic acids is 3. The Hall–Kier alpha value is -3.97. The van der Waals surface area contributed by atoms with E-state index in [1.807, 2.05) is 0 Å². The maximum atomic E-state index is 13.9. The van der Waals surface area contributed by atoms with E-state index >= 15 is 0 Å². The second-order valence-corrected chi connectivity index (χ2v) is 7.29. The van der Waals surface area contributed by atoms with E-state index in [1.54, 1.807) is 60.7 Å². The molecule has 0 bridgehead atoms. The number of hydrogen-bond acceptors (Lipinski definition) is 4. The van der Waals surface area contributed by atoms with Crippen molar-refractivity contribution < 1.29 is 23.5 Å². The van der Waals surface area contributed by atoms with Crippen molar-refractivity contribution in [3.8, 4) is 5.75 Å². The van der Waals surface area contributed by atoms with Gasteiger partial charge in [0.2, 0.25) is 0 Å². The fraction of sp³-hybridized carbons (Fsp3) is 0.0417. The van der Waals surface area contributed by atoms with Crippen LogP contribution in [0.5, 0.6) is 5.75 Å². The van der Waals surface area contributed by atoms with Gasteiger partial charge in [-0.1, -0.05) is 48.0 Å². The number of amides is 4. The number of benzene rings is 3. The van der Waals surface area contributed by atoms with Crippen LogP contribution in [0.15, 0.2) is 78.4 Å². The molecule has 3 aromatic rings. The Bertz CT molecular complexity index is 1240. The van der Waals surface area contributed by atoms with Crippen LogP contribution in [0.4, 0.5) is 14.9 Å². The number of nitrogens with zero attached hydrogens (tertiary/aromatic N) is 1. The molecule has 0 aliphatic carbocycles. The molecule has 1 aliphatic rings. The molecule has 0 saturated carbocycles.